The summed E-state index contributed by atoms with van der Waals surface area (Å²) in [5, 5.41) is 34.1. The minimum absolute atomic E-state index is 0.0474. The minimum atomic E-state index is -1.19. The summed E-state index contributed by atoms with van der Waals surface area (Å²) in [4.78, 5) is 213. The summed E-state index contributed by atoms with van der Waals surface area (Å²) >= 11 is 0. The van der Waals surface area contributed by atoms with Crippen LogP contribution in [0.1, 0.15) is 124 Å². The molecule has 4 aliphatic rings. The van der Waals surface area contributed by atoms with Crippen molar-refractivity contribution in [2.75, 3.05) is 46.3 Å². The number of nitrogens with zero attached hydrogens (tertiary/aromatic N) is 5. The number of benzene rings is 7. The van der Waals surface area contributed by atoms with Crippen LogP contribution in [0.4, 0.5) is 0 Å². The topological polar surface area (TPSA) is 526 Å². The lowest BCUT2D eigenvalue weighted by atomic mass is 9.97. The Morgan fingerprint density at radius 2 is 0.818 bits per heavy atom. The van der Waals surface area contributed by atoms with E-state index >= 15 is 0 Å². The molecule has 2 unspecified atom stereocenters. The average molecular weight is 1810 g/mol. The molecule has 35 nitrogen and oxygen atoms in total. The van der Waals surface area contributed by atoms with Crippen molar-refractivity contribution >= 4 is 116 Å². The molecule has 7 aromatic carbocycles. The van der Waals surface area contributed by atoms with Gasteiger partial charge in [0.2, 0.25) is 82.7 Å². The maximum absolute atomic E-state index is 14.8. The number of rotatable bonds is 26. The normalized spacial score (nSPS) is 21.6. The molecule has 0 spiro atoms. The molecule has 0 radical (unpaired) electrons. The summed E-state index contributed by atoms with van der Waals surface area (Å²) in [6.07, 6.45) is 5.35. The molecule has 5 heterocycles. The smallest absolute Gasteiger partial charge is 0.245 e. The summed E-state index contributed by atoms with van der Waals surface area (Å²) in [6.45, 7) is 3.51. The van der Waals surface area contributed by atoms with E-state index in [9.17, 15) is 67.1 Å². The van der Waals surface area contributed by atoms with E-state index in [1.54, 1.807) is 6.20 Å². The van der Waals surface area contributed by atoms with E-state index in [4.69, 9.17) is 22.9 Å². The van der Waals surface area contributed by atoms with Crippen LogP contribution in [-0.4, -0.2) is 233 Å². The van der Waals surface area contributed by atoms with Crippen molar-refractivity contribution in [3.05, 3.63) is 228 Å². The first-order chi connectivity index (χ1) is 63.6. The number of amides is 14. The van der Waals surface area contributed by atoms with Crippen LogP contribution >= 0.6 is 0 Å². The number of nitrogens with two attached hydrogens (primary N) is 4. The van der Waals surface area contributed by atoms with Gasteiger partial charge in [-0.05, 0) is 127 Å². The maximum Gasteiger partial charge on any atom is 0.245 e. The monoisotopic (exact) mass is 1800 g/mol. The first-order valence-corrected chi connectivity index (χ1v) is 45.0. The Morgan fingerprint density at radius 1 is 0.409 bits per heavy atom. The number of hydrogen-bond acceptors (Lipinski definition) is 16. The van der Waals surface area contributed by atoms with Gasteiger partial charge in [-0.2, -0.15) is 0 Å². The molecule has 35 heteroatoms. The molecule has 0 bridgehead atoms. The number of carbonyl (C=O) groups is 14. The predicted molar refractivity (Wildman–Crippen MR) is 499 cm³/mol. The SMILES string of the molecule is CC(=O)N[C@@H](Cc1ccccc1)C(=O)NC1CCCNC(=O)[C@H](CCCN=C(N)N)NC(=O)[C@H](Cc2c[nH]c3ccccc23)NC(=O)[C@@H](Cc2ccccc2)N(C)C(=O)[C@@H]2CCCN2C1=O.CC(=O)N[C@@H](Cc1ccccc1)C(=O)NC1CCCNC(=O)[C@H](CCCN=C(N)N)NC(=O)[C@H](Cc2cccc3ccccc23)NC(=O)[C@@H](Cc2ccccc2)NC(=O)[C@@H]2CCCN2C1=O. The number of aliphatic imine (C=N–C) groups is 2. The molecule has 12 rings (SSSR count). The van der Waals surface area contributed by atoms with Crippen LogP contribution in [0.5, 0.6) is 0 Å². The molecule has 132 heavy (non-hydrogen) atoms. The Morgan fingerprint density at radius 3 is 1.32 bits per heavy atom. The van der Waals surface area contributed by atoms with E-state index in [0.717, 1.165) is 55.1 Å². The van der Waals surface area contributed by atoms with Gasteiger partial charge in [-0.15, -0.1) is 0 Å². The van der Waals surface area contributed by atoms with Crippen LogP contribution in [0.25, 0.3) is 21.7 Å². The van der Waals surface area contributed by atoms with Crippen molar-refractivity contribution in [3.63, 3.8) is 0 Å². The van der Waals surface area contributed by atoms with E-state index in [-0.39, 0.29) is 128 Å². The third kappa shape index (κ3) is 28.5. The van der Waals surface area contributed by atoms with Crippen molar-refractivity contribution in [2.45, 2.75) is 202 Å². The number of nitrogens with one attached hydrogen (secondary N) is 12. The second-order valence-corrected chi connectivity index (χ2v) is 33.7. The van der Waals surface area contributed by atoms with Gasteiger partial charge in [-0.25, -0.2) is 0 Å². The number of carbonyl (C=O) groups excluding carboxylic acids is 14. The first-order valence-electron chi connectivity index (χ1n) is 45.0. The third-order valence-electron chi connectivity index (χ3n) is 23.9. The molecule has 0 saturated carbocycles. The van der Waals surface area contributed by atoms with Gasteiger partial charge in [0.05, 0.1) is 0 Å². The molecule has 8 aromatic rings. The number of hydrogen-bond donors (Lipinski definition) is 16. The average Bonchev–Trinajstić information content (AvgIpc) is 1.48. The second kappa shape index (κ2) is 48.7. The Kier molecular flexibility index (Phi) is 36.2. The number of H-pyrrole nitrogens is 1. The van der Waals surface area contributed by atoms with Crippen molar-refractivity contribution < 1.29 is 67.1 Å². The van der Waals surface area contributed by atoms with Gasteiger partial charge in [-0.1, -0.05) is 182 Å². The van der Waals surface area contributed by atoms with Crippen LogP contribution < -0.4 is 81.4 Å². The highest BCUT2D eigenvalue weighted by Crippen LogP contribution is 2.28. The maximum atomic E-state index is 14.8. The third-order valence-corrected chi connectivity index (χ3v) is 23.9. The lowest BCUT2D eigenvalue weighted by molar-refractivity contribution is -0.148. The molecular formula is C97H121N21O14. The van der Waals surface area contributed by atoms with Crippen LogP contribution in [0.15, 0.2) is 204 Å². The molecule has 12 atom stereocenters. The number of guanidine groups is 2. The number of aromatic nitrogens is 1. The van der Waals surface area contributed by atoms with Gasteiger partial charge < -0.3 is 101 Å². The van der Waals surface area contributed by atoms with E-state index in [1.807, 2.05) is 188 Å². The van der Waals surface area contributed by atoms with Gasteiger partial charge in [0.15, 0.2) is 11.9 Å². The highest BCUT2D eigenvalue weighted by Gasteiger charge is 2.45. The van der Waals surface area contributed by atoms with Crippen LogP contribution in [0.3, 0.4) is 0 Å². The molecule has 14 amide bonds. The van der Waals surface area contributed by atoms with E-state index < -0.39 is 155 Å². The molecule has 1 aromatic heterocycles. The largest absolute Gasteiger partial charge is 0.370 e. The molecular weight excluding hydrogens is 1680 g/mol. The van der Waals surface area contributed by atoms with Gasteiger partial charge in [0.25, 0.3) is 0 Å². The summed E-state index contributed by atoms with van der Waals surface area (Å²) in [6, 6.07) is 44.3. The fraction of sp³-hybridized carbons (Fsp3) is 0.402. The summed E-state index contributed by atoms with van der Waals surface area (Å²) in [7, 11) is 1.52. The standard InChI is InChI=1S/C49H60N10O7.C48H61N11O7/c1-31(60)54-39(28-32-14-4-2-5-15-32)44(62)56-38-23-12-25-52-43(61)37(22-11-26-53-49(50)51)55-46(64)41(30-35-20-10-19-34-18-8-9-21-36(34)35)57-45(63)40(29-33-16-6-3-7-17-33)58-47(65)42-24-13-27-59(42)48(38)66;1-30(60)54-38(26-31-14-5-3-6-15-31)43(62)56-37-21-12-23-51-42(61)36(20-11-24-52-48(49)50)55-44(63)39(28-33-29-53-35-19-10-9-18-34(33)35)57-45(64)41(27-32-16-7-4-8-17-32)58(2)47(66)40-22-13-25-59(40)46(37)65/h2-10,14-21,37-42H,11-13,22-30H2,1H3,(H,52,61)(H,54,60)(H,55,64)(H,56,62)(H,57,63)(H,58,65)(H4,50,51,53);3-10,14-19,29,36-41,53H,11-13,20-28H2,1-2H3,(H,51,61)(H,54,60)(H,55,63)(H,56,62)(H,57,64)(H4,49,50,52)/t37-,38?,39-,40+,41-,42-;36-,37?,38-,39-,40-,41+/m00/s1. The zero-order chi connectivity index (χ0) is 94.2. The van der Waals surface area contributed by atoms with Crippen molar-refractivity contribution in [1.82, 2.24) is 78.2 Å². The van der Waals surface area contributed by atoms with Gasteiger partial charge in [0.1, 0.15) is 72.5 Å². The highest BCUT2D eigenvalue weighted by atomic mass is 16.2. The lowest BCUT2D eigenvalue weighted by Crippen LogP contribution is -2.60. The van der Waals surface area contributed by atoms with E-state index in [2.05, 4.69) is 73.5 Å². The summed E-state index contributed by atoms with van der Waals surface area (Å²) < 4.78 is 0. The fourth-order valence-corrected chi connectivity index (χ4v) is 17.2. The zero-order valence-electron chi connectivity index (χ0n) is 74.6. The van der Waals surface area contributed by atoms with Crippen LogP contribution in [-0.2, 0) is 106 Å². The second-order valence-electron chi connectivity index (χ2n) is 33.7. The van der Waals surface area contributed by atoms with Crippen LogP contribution in [0.2, 0.25) is 0 Å². The summed E-state index contributed by atoms with van der Waals surface area (Å²) in [5.41, 5.74) is 27.6. The quantitative estimate of drug-likeness (QED) is 0.0210. The molecule has 698 valence electrons. The number of aromatic amines is 1. The molecule has 0 aliphatic carbocycles. The molecule has 4 aliphatic heterocycles. The molecule has 20 N–H and O–H groups in total. The van der Waals surface area contributed by atoms with E-state index in [1.165, 1.54) is 35.6 Å². The Bertz CT molecular complexity index is 5400. The van der Waals surface area contributed by atoms with Crippen molar-refractivity contribution in [3.8, 4) is 0 Å². The van der Waals surface area contributed by atoms with Crippen molar-refractivity contribution in [1.29, 1.82) is 0 Å². The van der Waals surface area contributed by atoms with Crippen molar-refractivity contribution in [2.24, 2.45) is 32.9 Å². The Hall–Kier alpha value is -14.5. The number of likely N-dealkylation sites (N-methyl/N-ethyl adjacent to an activating group) is 1. The molecule has 4 saturated heterocycles. The minimum Gasteiger partial charge on any atom is -0.370 e. The fourth-order valence-electron chi connectivity index (χ4n) is 17.2. The Labute approximate surface area is 766 Å². The van der Waals surface area contributed by atoms with E-state index in [0.29, 0.717) is 38.5 Å². The number of fused-ring (bicyclic) bond motifs is 4. The summed E-state index contributed by atoms with van der Waals surface area (Å²) in [5.74, 6) is -7.90. The number of para-hydroxylation sites is 1. The lowest BCUT2D eigenvalue weighted by Gasteiger charge is -2.35. The van der Waals surface area contributed by atoms with Gasteiger partial charge in [-0.3, -0.25) is 77.1 Å². The highest BCUT2D eigenvalue weighted by molar-refractivity contribution is 6.01. The predicted octanol–water partition coefficient (Wildman–Crippen LogP) is 2.20. The Balaban J connectivity index is 0.000000255. The first kappa shape index (κ1) is 98.1. The molecule has 4 fully saturated rings. The zero-order valence-corrected chi connectivity index (χ0v) is 74.6. The van der Waals surface area contributed by atoms with Gasteiger partial charge >= 0.3 is 0 Å². The van der Waals surface area contributed by atoms with Gasteiger partial charge in [0, 0.05) is 116 Å². The van der Waals surface area contributed by atoms with Crippen LogP contribution in [0, 0.1) is 0 Å².